The van der Waals surface area contributed by atoms with E-state index in [4.69, 9.17) is 0 Å². The highest BCUT2D eigenvalue weighted by Crippen LogP contribution is 2.51. The van der Waals surface area contributed by atoms with E-state index in [2.05, 4.69) is 4.99 Å². The Kier molecular flexibility index (Phi) is 3.44. The zero-order chi connectivity index (χ0) is 18.8. The highest BCUT2D eigenvalue weighted by Gasteiger charge is 2.53. The van der Waals surface area contributed by atoms with Crippen LogP contribution in [0.4, 0.5) is 5.69 Å². The molecule has 1 unspecified atom stereocenters. The van der Waals surface area contributed by atoms with Crippen LogP contribution in [-0.4, -0.2) is 27.6 Å². The molecule has 5 rings (SSSR count). The molecule has 1 aliphatic carbocycles. The second kappa shape index (κ2) is 5.65. The van der Waals surface area contributed by atoms with Crippen LogP contribution in [0.3, 0.4) is 0 Å². The third-order valence-electron chi connectivity index (χ3n) is 5.17. The highest BCUT2D eigenvalue weighted by atomic mass is 32.2. The molecule has 3 aliphatic rings. The van der Waals surface area contributed by atoms with Crippen LogP contribution in [0.25, 0.3) is 0 Å². The van der Waals surface area contributed by atoms with Gasteiger partial charge in [0.25, 0.3) is 0 Å². The number of thioether (sulfide) groups is 1. The predicted molar refractivity (Wildman–Crippen MR) is 104 cm³/mol. The molecule has 2 aromatic carbocycles. The highest BCUT2D eigenvalue weighted by molar-refractivity contribution is 8.14. The number of nitrogens with zero attached hydrogens (tertiary/aromatic N) is 2. The summed E-state index contributed by atoms with van der Waals surface area (Å²) < 4.78 is 0. The number of para-hydroxylation sites is 1. The Morgan fingerprint density at radius 1 is 1.04 bits per heavy atom. The number of ketones is 2. The van der Waals surface area contributed by atoms with Crippen LogP contribution in [0, 0.1) is 0 Å². The van der Waals surface area contributed by atoms with Crippen LogP contribution in [0.5, 0.6) is 0 Å². The molecule has 2 aliphatic heterocycles. The summed E-state index contributed by atoms with van der Waals surface area (Å²) in [6.45, 7) is 1.95. The Morgan fingerprint density at radius 3 is 2.44 bits per heavy atom. The van der Waals surface area contributed by atoms with E-state index < -0.39 is 5.72 Å². The lowest BCUT2D eigenvalue weighted by atomic mass is 9.79. The average Bonchev–Trinajstić information content (AvgIpc) is 3.05. The summed E-state index contributed by atoms with van der Waals surface area (Å²) in [5.74, 6) is -0.633. The first-order valence-electron chi connectivity index (χ1n) is 8.87. The van der Waals surface area contributed by atoms with Crippen LogP contribution < -0.4 is 4.90 Å². The van der Waals surface area contributed by atoms with E-state index in [9.17, 15) is 14.7 Å². The lowest BCUT2D eigenvalue weighted by Gasteiger charge is -2.43. The van der Waals surface area contributed by atoms with Crippen molar-refractivity contribution in [1.29, 1.82) is 0 Å². The van der Waals surface area contributed by atoms with Gasteiger partial charge in [0.15, 0.2) is 16.7 Å². The Balaban J connectivity index is 1.78. The van der Waals surface area contributed by atoms with Crippen molar-refractivity contribution in [2.45, 2.75) is 30.4 Å². The van der Waals surface area contributed by atoms with E-state index in [1.54, 1.807) is 29.2 Å². The minimum Gasteiger partial charge on any atom is -0.366 e. The summed E-state index contributed by atoms with van der Waals surface area (Å²) in [6.07, 6.45) is 0.966. The van der Waals surface area contributed by atoms with Crippen molar-refractivity contribution >= 4 is 34.2 Å². The second-order valence-corrected chi connectivity index (χ2v) is 7.80. The lowest BCUT2D eigenvalue weighted by Crippen LogP contribution is -2.56. The smallest absolute Gasteiger partial charge is 0.212 e. The van der Waals surface area contributed by atoms with Gasteiger partial charge in [-0.05, 0) is 23.9 Å². The molecule has 1 N–H and O–H groups in total. The van der Waals surface area contributed by atoms with Gasteiger partial charge in [0.2, 0.25) is 5.78 Å². The van der Waals surface area contributed by atoms with Crippen molar-refractivity contribution < 1.29 is 14.7 Å². The molecule has 27 heavy (non-hydrogen) atoms. The maximum atomic E-state index is 13.3. The first-order chi connectivity index (χ1) is 13.1. The molecule has 6 heteroatoms. The fourth-order valence-electron chi connectivity index (χ4n) is 4.04. The molecular weight excluding hydrogens is 360 g/mol. The molecule has 0 aromatic heterocycles. The van der Waals surface area contributed by atoms with Crippen molar-refractivity contribution in [3.63, 3.8) is 0 Å². The Labute approximate surface area is 160 Å². The summed E-state index contributed by atoms with van der Waals surface area (Å²) in [6, 6.07) is 14.4. The number of carbonyl (C=O) groups is 2. The SMILES string of the molecule is CCCC1(O)C2=C(N=C3Sc4ccccc4N31)C(=O)c1ccccc1C2=O. The van der Waals surface area contributed by atoms with Gasteiger partial charge in [-0.1, -0.05) is 49.7 Å². The summed E-state index contributed by atoms with van der Waals surface area (Å²) in [5.41, 5.74) is 0.0484. The number of fused-ring (bicyclic) bond motifs is 4. The average molecular weight is 376 g/mol. The van der Waals surface area contributed by atoms with E-state index in [0.29, 0.717) is 29.1 Å². The fraction of sp³-hybridized carbons (Fsp3) is 0.190. The summed E-state index contributed by atoms with van der Waals surface area (Å²) >= 11 is 1.41. The zero-order valence-corrected chi connectivity index (χ0v) is 15.4. The first-order valence-corrected chi connectivity index (χ1v) is 9.69. The van der Waals surface area contributed by atoms with Gasteiger partial charge >= 0.3 is 0 Å². The monoisotopic (exact) mass is 376 g/mol. The van der Waals surface area contributed by atoms with Gasteiger partial charge in [0, 0.05) is 22.4 Å². The molecule has 0 spiro atoms. The maximum absolute atomic E-state index is 13.3. The lowest BCUT2D eigenvalue weighted by molar-refractivity contribution is 0.0627. The standard InChI is InChI=1S/C21H16N2O3S/c1-2-11-21(26)16-17(19(25)13-8-4-3-7-12(13)18(16)24)22-20-23(21)14-9-5-6-10-15(14)27-20/h3-10,26H,2,11H2,1H3. The van der Waals surface area contributed by atoms with E-state index in [-0.39, 0.29) is 22.8 Å². The molecule has 0 radical (unpaired) electrons. The second-order valence-electron chi connectivity index (χ2n) is 6.79. The fourth-order valence-corrected chi connectivity index (χ4v) is 5.12. The minimum absolute atomic E-state index is 0.0706. The first kappa shape index (κ1) is 16.5. The third kappa shape index (κ3) is 2.08. The third-order valence-corrected chi connectivity index (χ3v) is 6.19. The van der Waals surface area contributed by atoms with Crippen molar-refractivity contribution in [2.24, 2.45) is 4.99 Å². The molecule has 134 valence electrons. The largest absolute Gasteiger partial charge is 0.366 e. The summed E-state index contributed by atoms with van der Waals surface area (Å²) in [4.78, 5) is 33.6. The number of carbonyl (C=O) groups excluding carboxylic acids is 2. The minimum atomic E-state index is -1.60. The molecule has 5 nitrogen and oxygen atoms in total. The number of rotatable bonds is 2. The van der Waals surface area contributed by atoms with Gasteiger partial charge < -0.3 is 5.11 Å². The molecule has 0 saturated carbocycles. The normalized spacial score (nSPS) is 22.9. The number of anilines is 1. The van der Waals surface area contributed by atoms with Crippen molar-refractivity contribution in [2.75, 3.05) is 4.90 Å². The number of Topliss-reactive ketones (excluding diaryl/α,β-unsaturated/α-hetero) is 2. The molecule has 2 aromatic rings. The van der Waals surface area contributed by atoms with Gasteiger partial charge in [0.1, 0.15) is 5.70 Å². The summed E-state index contributed by atoms with van der Waals surface area (Å²) in [7, 11) is 0. The topological polar surface area (TPSA) is 70.0 Å². The van der Waals surface area contributed by atoms with Crippen LogP contribution in [0.2, 0.25) is 0 Å². The van der Waals surface area contributed by atoms with Crippen LogP contribution in [0.1, 0.15) is 40.5 Å². The van der Waals surface area contributed by atoms with E-state index >= 15 is 0 Å². The molecule has 0 amide bonds. The van der Waals surface area contributed by atoms with Gasteiger partial charge in [-0.2, -0.15) is 0 Å². The van der Waals surface area contributed by atoms with Gasteiger partial charge in [-0.15, -0.1) is 0 Å². The van der Waals surface area contributed by atoms with Crippen LogP contribution in [0.15, 0.2) is 69.7 Å². The molecule has 0 saturated heterocycles. The number of benzene rings is 2. The van der Waals surface area contributed by atoms with Crippen molar-refractivity contribution in [3.05, 3.63) is 70.9 Å². The zero-order valence-electron chi connectivity index (χ0n) is 14.6. The molecular formula is C21H16N2O3S. The Hall–Kier alpha value is -2.70. The predicted octanol–water partition coefficient (Wildman–Crippen LogP) is 3.79. The van der Waals surface area contributed by atoms with E-state index in [0.717, 1.165) is 10.6 Å². The number of allylic oxidation sites excluding steroid dienone is 1. The maximum Gasteiger partial charge on any atom is 0.212 e. The van der Waals surface area contributed by atoms with E-state index in [1.165, 1.54) is 11.8 Å². The molecule has 2 heterocycles. The molecule has 0 fully saturated rings. The van der Waals surface area contributed by atoms with Crippen molar-refractivity contribution in [1.82, 2.24) is 0 Å². The number of aliphatic hydroxyl groups is 1. The van der Waals surface area contributed by atoms with Crippen LogP contribution in [-0.2, 0) is 0 Å². The van der Waals surface area contributed by atoms with Gasteiger partial charge in [-0.3, -0.25) is 14.5 Å². The van der Waals surface area contributed by atoms with Crippen molar-refractivity contribution in [3.8, 4) is 0 Å². The number of aliphatic imine (C=N–C) groups is 1. The number of hydrogen-bond donors (Lipinski definition) is 1. The van der Waals surface area contributed by atoms with Crippen LogP contribution >= 0.6 is 11.8 Å². The van der Waals surface area contributed by atoms with Gasteiger partial charge in [-0.25, -0.2) is 4.99 Å². The molecule has 1 atom stereocenters. The number of amidine groups is 1. The Bertz CT molecular complexity index is 1090. The number of hydrogen-bond acceptors (Lipinski definition) is 6. The van der Waals surface area contributed by atoms with Gasteiger partial charge in [0.05, 0.1) is 11.3 Å². The summed E-state index contributed by atoms with van der Waals surface area (Å²) in [5, 5.41) is 12.3. The van der Waals surface area contributed by atoms with E-state index in [1.807, 2.05) is 31.2 Å². The Morgan fingerprint density at radius 2 is 1.70 bits per heavy atom. The molecule has 0 bridgehead atoms. The quantitative estimate of drug-likeness (QED) is 0.864.